The van der Waals surface area contributed by atoms with Crippen molar-refractivity contribution in [3.8, 4) is 5.75 Å². The number of hydrogen-bond acceptors (Lipinski definition) is 5. The summed E-state index contributed by atoms with van der Waals surface area (Å²) in [5, 5.41) is 0. The molecule has 0 N–H and O–H groups in total. The number of aryl methyl sites for hydroxylation is 2. The van der Waals surface area contributed by atoms with Gasteiger partial charge in [-0.25, -0.2) is 0 Å². The third-order valence-electron chi connectivity index (χ3n) is 4.57. The van der Waals surface area contributed by atoms with Crippen LogP contribution >= 0.6 is 0 Å². The second kappa shape index (κ2) is 9.29. The van der Waals surface area contributed by atoms with Gasteiger partial charge in [0.2, 0.25) is 5.91 Å². The molecule has 2 aromatic rings. The van der Waals surface area contributed by atoms with Gasteiger partial charge in [0.15, 0.2) is 0 Å². The minimum atomic E-state index is 0.0781. The molecule has 1 aliphatic rings. The Kier molecular flexibility index (Phi) is 6.55. The van der Waals surface area contributed by atoms with Crippen LogP contribution in [0, 0.1) is 6.92 Å². The molecular weight excluding hydrogens is 330 g/mol. The summed E-state index contributed by atoms with van der Waals surface area (Å²) in [6.45, 7) is 4.14. The van der Waals surface area contributed by atoms with Crippen molar-refractivity contribution in [3.63, 3.8) is 0 Å². The lowest BCUT2D eigenvalue weighted by molar-refractivity contribution is -0.140. The fourth-order valence-corrected chi connectivity index (χ4v) is 3.12. The SMILES string of the molecule is Cc1nccnc1CCC1COCCN1C(=O)CCOc1ccccc1. The van der Waals surface area contributed by atoms with Gasteiger partial charge < -0.3 is 14.4 Å². The number of para-hydroxylation sites is 1. The summed E-state index contributed by atoms with van der Waals surface area (Å²) >= 11 is 0. The lowest BCUT2D eigenvalue weighted by atomic mass is 10.1. The van der Waals surface area contributed by atoms with Crippen LogP contribution < -0.4 is 4.74 Å². The van der Waals surface area contributed by atoms with Crippen molar-refractivity contribution in [1.29, 1.82) is 0 Å². The van der Waals surface area contributed by atoms with Gasteiger partial charge in [0.1, 0.15) is 5.75 Å². The Morgan fingerprint density at radius 3 is 2.88 bits per heavy atom. The maximum absolute atomic E-state index is 12.6. The van der Waals surface area contributed by atoms with Crippen molar-refractivity contribution in [3.05, 3.63) is 54.1 Å². The van der Waals surface area contributed by atoms with Crippen LogP contribution in [0.25, 0.3) is 0 Å². The Hall–Kier alpha value is -2.47. The standard InChI is InChI=1S/C20H25N3O3/c1-16-19(22-11-10-21-16)8-7-17-15-25-14-12-23(17)20(24)9-13-26-18-5-3-2-4-6-18/h2-6,10-11,17H,7-9,12-15H2,1H3. The van der Waals surface area contributed by atoms with E-state index >= 15 is 0 Å². The zero-order valence-electron chi connectivity index (χ0n) is 15.1. The molecule has 2 heterocycles. The van der Waals surface area contributed by atoms with Gasteiger partial charge in [-0.15, -0.1) is 0 Å². The van der Waals surface area contributed by atoms with E-state index in [1.807, 2.05) is 42.2 Å². The van der Waals surface area contributed by atoms with Crippen LogP contribution in [0.3, 0.4) is 0 Å². The first-order valence-corrected chi connectivity index (χ1v) is 9.05. The molecule has 3 rings (SSSR count). The van der Waals surface area contributed by atoms with Crippen molar-refractivity contribution in [2.24, 2.45) is 0 Å². The number of carbonyl (C=O) groups excluding carboxylic acids is 1. The lowest BCUT2D eigenvalue weighted by Crippen LogP contribution is -2.49. The summed E-state index contributed by atoms with van der Waals surface area (Å²) in [4.78, 5) is 23.2. The smallest absolute Gasteiger partial charge is 0.226 e. The fourth-order valence-electron chi connectivity index (χ4n) is 3.12. The largest absolute Gasteiger partial charge is 0.493 e. The highest BCUT2D eigenvalue weighted by atomic mass is 16.5. The van der Waals surface area contributed by atoms with E-state index < -0.39 is 0 Å². The Morgan fingerprint density at radius 1 is 1.27 bits per heavy atom. The summed E-state index contributed by atoms with van der Waals surface area (Å²) in [6, 6.07) is 9.65. The molecule has 6 nitrogen and oxygen atoms in total. The van der Waals surface area contributed by atoms with E-state index in [-0.39, 0.29) is 11.9 Å². The third kappa shape index (κ3) is 5.02. The molecule has 1 aromatic heterocycles. The maximum atomic E-state index is 12.6. The molecule has 138 valence electrons. The van der Waals surface area contributed by atoms with E-state index in [1.54, 1.807) is 12.4 Å². The zero-order valence-corrected chi connectivity index (χ0v) is 15.1. The number of morpholine rings is 1. The van der Waals surface area contributed by atoms with Crippen molar-refractivity contribution < 1.29 is 14.3 Å². The molecule has 26 heavy (non-hydrogen) atoms. The van der Waals surface area contributed by atoms with Crippen molar-refractivity contribution in [1.82, 2.24) is 14.9 Å². The molecule has 1 atom stereocenters. The number of carbonyl (C=O) groups is 1. The van der Waals surface area contributed by atoms with E-state index in [4.69, 9.17) is 9.47 Å². The summed E-state index contributed by atoms with van der Waals surface area (Å²) < 4.78 is 11.2. The van der Waals surface area contributed by atoms with Crippen LogP contribution in [0.5, 0.6) is 5.75 Å². The number of benzene rings is 1. The van der Waals surface area contributed by atoms with Gasteiger partial charge in [0.25, 0.3) is 0 Å². The van der Waals surface area contributed by atoms with Crippen LogP contribution in [0.4, 0.5) is 0 Å². The zero-order chi connectivity index (χ0) is 18.2. The number of hydrogen-bond donors (Lipinski definition) is 0. The molecule has 0 radical (unpaired) electrons. The Labute approximate surface area is 154 Å². The van der Waals surface area contributed by atoms with E-state index in [9.17, 15) is 4.79 Å². The van der Waals surface area contributed by atoms with Gasteiger partial charge >= 0.3 is 0 Å². The van der Waals surface area contributed by atoms with Crippen LogP contribution in [0.2, 0.25) is 0 Å². The van der Waals surface area contributed by atoms with Gasteiger partial charge in [-0.05, 0) is 31.9 Å². The fraction of sp³-hybridized carbons (Fsp3) is 0.450. The van der Waals surface area contributed by atoms with Gasteiger partial charge in [0, 0.05) is 18.9 Å². The number of ether oxygens (including phenoxy) is 2. The monoisotopic (exact) mass is 355 g/mol. The molecule has 1 amide bonds. The molecular formula is C20H25N3O3. The summed E-state index contributed by atoms with van der Waals surface area (Å²) in [6.07, 6.45) is 5.40. The Balaban J connectivity index is 1.51. The molecule has 1 saturated heterocycles. The first-order chi connectivity index (χ1) is 12.7. The number of rotatable bonds is 7. The topological polar surface area (TPSA) is 64.6 Å². The molecule has 1 aromatic carbocycles. The Bertz CT molecular complexity index is 708. The highest BCUT2D eigenvalue weighted by Crippen LogP contribution is 2.16. The lowest BCUT2D eigenvalue weighted by Gasteiger charge is -2.35. The first-order valence-electron chi connectivity index (χ1n) is 9.05. The summed E-state index contributed by atoms with van der Waals surface area (Å²) in [5.74, 6) is 0.905. The van der Waals surface area contributed by atoms with Crippen LogP contribution in [0.1, 0.15) is 24.2 Å². The summed E-state index contributed by atoms with van der Waals surface area (Å²) in [7, 11) is 0. The van der Waals surface area contributed by atoms with Crippen LogP contribution in [0.15, 0.2) is 42.7 Å². The van der Waals surface area contributed by atoms with E-state index in [1.165, 1.54) is 0 Å². The molecule has 0 aliphatic carbocycles. The Morgan fingerprint density at radius 2 is 2.08 bits per heavy atom. The van der Waals surface area contributed by atoms with E-state index in [2.05, 4.69) is 9.97 Å². The van der Waals surface area contributed by atoms with Crippen LogP contribution in [-0.4, -0.2) is 53.2 Å². The average molecular weight is 355 g/mol. The van der Waals surface area contributed by atoms with Gasteiger partial charge in [-0.1, -0.05) is 18.2 Å². The van der Waals surface area contributed by atoms with E-state index in [0.717, 1.165) is 30.0 Å². The average Bonchev–Trinajstić information content (AvgIpc) is 2.68. The predicted molar refractivity (Wildman–Crippen MR) is 98.0 cm³/mol. The predicted octanol–water partition coefficient (Wildman–Crippen LogP) is 2.41. The molecule has 1 fully saturated rings. The van der Waals surface area contributed by atoms with Gasteiger partial charge in [0.05, 0.1) is 43.7 Å². The molecule has 0 bridgehead atoms. The second-order valence-electron chi connectivity index (χ2n) is 6.35. The van der Waals surface area contributed by atoms with E-state index in [0.29, 0.717) is 32.8 Å². The molecule has 1 unspecified atom stereocenters. The quantitative estimate of drug-likeness (QED) is 0.763. The minimum absolute atomic E-state index is 0.0781. The molecule has 0 saturated carbocycles. The maximum Gasteiger partial charge on any atom is 0.226 e. The minimum Gasteiger partial charge on any atom is -0.493 e. The molecule has 6 heteroatoms. The third-order valence-corrected chi connectivity index (χ3v) is 4.57. The number of aromatic nitrogens is 2. The van der Waals surface area contributed by atoms with Gasteiger partial charge in [-0.2, -0.15) is 0 Å². The first kappa shape index (κ1) is 18.3. The normalized spacial score (nSPS) is 17.1. The van der Waals surface area contributed by atoms with Crippen molar-refractivity contribution in [2.45, 2.75) is 32.2 Å². The number of amides is 1. The van der Waals surface area contributed by atoms with Crippen molar-refractivity contribution in [2.75, 3.05) is 26.4 Å². The number of nitrogens with zero attached hydrogens (tertiary/aromatic N) is 3. The molecule has 1 aliphatic heterocycles. The molecule has 0 spiro atoms. The highest BCUT2D eigenvalue weighted by Gasteiger charge is 2.27. The van der Waals surface area contributed by atoms with Crippen molar-refractivity contribution >= 4 is 5.91 Å². The summed E-state index contributed by atoms with van der Waals surface area (Å²) in [5.41, 5.74) is 1.93. The second-order valence-corrected chi connectivity index (χ2v) is 6.35. The van der Waals surface area contributed by atoms with Crippen LogP contribution in [-0.2, 0) is 16.0 Å². The van der Waals surface area contributed by atoms with Gasteiger partial charge in [-0.3, -0.25) is 14.8 Å². The highest BCUT2D eigenvalue weighted by molar-refractivity contribution is 5.76.